The molecule has 0 N–H and O–H groups in total. The van der Waals surface area contributed by atoms with Crippen molar-refractivity contribution in [2.45, 2.75) is 45.1 Å². The van der Waals surface area contributed by atoms with Crippen molar-refractivity contribution in [2.24, 2.45) is 5.92 Å². The molecule has 5 nitrogen and oxygen atoms in total. The van der Waals surface area contributed by atoms with Gasteiger partial charge in [-0.15, -0.1) is 0 Å². The zero-order valence-corrected chi connectivity index (χ0v) is 17.1. The lowest BCUT2D eigenvalue weighted by Crippen LogP contribution is -2.60. The molecule has 1 aromatic heterocycles. The molecule has 2 heterocycles. The number of benzene rings is 1. The fraction of sp³-hybridized carbons (Fsp3) is 0.458. The Morgan fingerprint density at radius 1 is 1.14 bits per heavy atom. The van der Waals surface area contributed by atoms with Gasteiger partial charge in [0.25, 0.3) is 0 Å². The number of aromatic nitrogens is 1. The van der Waals surface area contributed by atoms with Gasteiger partial charge < -0.3 is 9.80 Å². The van der Waals surface area contributed by atoms with Crippen molar-refractivity contribution in [2.75, 3.05) is 19.6 Å². The number of carbonyl (C=O) groups is 2. The Morgan fingerprint density at radius 3 is 2.66 bits per heavy atom. The van der Waals surface area contributed by atoms with Crippen molar-refractivity contribution in [1.82, 2.24) is 14.8 Å². The van der Waals surface area contributed by atoms with Crippen LogP contribution in [0.1, 0.15) is 38.2 Å². The first-order valence-corrected chi connectivity index (χ1v) is 10.8. The third-order valence-electron chi connectivity index (χ3n) is 6.17. The van der Waals surface area contributed by atoms with Crippen LogP contribution in [0.25, 0.3) is 11.1 Å². The number of hydrogen-bond donors (Lipinski definition) is 0. The monoisotopic (exact) mass is 391 g/mol. The van der Waals surface area contributed by atoms with Crippen LogP contribution in [0, 0.1) is 5.92 Å². The van der Waals surface area contributed by atoms with Gasteiger partial charge in [0.1, 0.15) is 6.04 Å². The molecule has 29 heavy (non-hydrogen) atoms. The molecular weight excluding hydrogens is 362 g/mol. The van der Waals surface area contributed by atoms with Crippen molar-refractivity contribution >= 4 is 11.8 Å². The van der Waals surface area contributed by atoms with Crippen LogP contribution in [0.4, 0.5) is 0 Å². The van der Waals surface area contributed by atoms with E-state index in [1.807, 2.05) is 34.2 Å². The summed E-state index contributed by atoms with van der Waals surface area (Å²) in [6.07, 6.45) is 8.16. The molecule has 152 valence electrons. The highest BCUT2D eigenvalue weighted by molar-refractivity contribution is 5.90. The van der Waals surface area contributed by atoms with E-state index in [2.05, 4.69) is 30.1 Å². The van der Waals surface area contributed by atoms with Crippen molar-refractivity contribution in [3.63, 3.8) is 0 Å². The first-order valence-electron chi connectivity index (χ1n) is 10.8. The SMILES string of the molecule is CCCN1CCN(C(=O)C2CCC2)[C@@H](Cc2cccc(-c3cccnc3)c2)C1=O. The summed E-state index contributed by atoms with van der Waals surface area (Å²) in [5, 5.41) is 0. The topological polar surface area (TPSA) is 53.5 Å². The minimum atomic E-state index is -0.396. The third kappa shape index (κ3) is 4.19. The number of hydrogen-bond acceptors (Lipinski definition) is 3. The van der Waals surface area contributed by atoms with E-state index in [0.29, 0.717) is 19.5 Å². The first kappa shape index (κ1) is 19.6. The van der Waals surface area contributed by atoms with E-state index in [0.717, 1.165) is 48.9 Å². The smallest absolute Gasteiger partial charge is 0.245 e. The second-order valence-electron chi connectivity index (χ2n) is 8.15. The highest BCUT2D eigenvalue weighted by Crippen LogP contribution is 2.31. The first-order chi connectivity index (χ1) is 14.2. The van der Waals surface area contributed by atoms with Crippen LogP contribution >= 0.6 is 0 Å². The fourth-order valence-electron chi connectivity index (χ4n) is 4.32. The standard InChI is InChI=1S/C24H29N3O2/c1-2-12-26-13-14-27(23(28)19-7-4-8-19)22(24(26)29)16-18-6-3-9-20(15-18)21-10-5-11-25-17-21/h3,5-6,9-11,15,17,19,22H,2,4,7-8,12-14,16H2,1H3/t22-/m0/s1. The van der Waals surface area contributed by atoms with Gasteiger partial charge in [-0.3, -0.25) is 14.6 Å². The summed E-state index contributed by atoms with van der Waals surface area (Å²) in [6.45, 7) is 4.15. The molecule has 0 bridgehead atoms. The quantitative estimate of drug-likeness (QED) is 0.757. The Kier molecular flexibility index (Phi) is 5.93. The summed E-state index contributed by atoms with van der Waals surface area (Å²) in [6, 6.07) is 11.8. The number of piperazine rings is 1. The molecule has 4 rings (SSSR count). The average Bonchev–Trinajstić information content (AvgIpc) is 2.71. The lowest BCUT2D eigenvalue weighted by Gasteiger charge is -2.43. The van der Waals surface area contributed by atoms with Gasteiger partial charge in [-0.05, 0) is 42.0 Å². The fourth-order valence-corrected chi connectivity index (χ4v) is 4.32. The predicted molar refractivity (Wildman–Crippen MR) is 113 cm³/mol. The highest BCUT2D eigenvalue weighted by Gasteiger charge is 2.40. The Bertz CT molecular complexity index is 863. The molecule has 0 spiro atoms. The van der Waals surface area contributed by atoms with Gasteiger partial charge >= 0.3 is 0 Å². The molecular formula is C24H29N3O2. The van der Waals surface area contributed by atoms with Gasteiger partial charge in [-0.2, -0.15) is 0 Å². The molecule has 2 aliphatic rings. The molecule has 2 aromatic rings. The van der Waals surface area contributed by atoms with E-state index < -0.39 is 6.04 Å². The summed E-state index contributed by atoms with van der Waals surface area (Å²) in [4.78, 5) is 34.3. The number of rotatable bonds is 6. The number of pyridine rings is 1. The predicted octanol–water partition coefficient (Wildman–Crippen LogP) is 3.54. The van der Waals surface area contributed by atoms with E-state index in [-0.39, 0.29) is 17.7 Å². The van der Waals surface area contributed by atoms with Gasteiger partial charge in [-0.25, -0.2) is 0 Å². The van der Waals surface area contributed by atoms with Crippen LogP contribution in [-0.2, 0) is 16.0 Å². The van der Waals surface area contributed by atoms with Crippen LogP contribution in [0.3, 0.4) is 0 Å². The van der Waals surface area contributed by atoms with Crippen LogP contribution in [-0.4, -0.2) is 52.3 Å². The lowest BCUT2D eigenvalue weighted by molar-refractivity contribution is -0.155. The minimum Gasteiger partial charge on any atom is -0.339 e. The van der Waals surface area contributed by atoms with Gasteiger partial charge in [-0.1, -0.05) is 43.7 Å². The number of nitrogens with zero attached hydrogens (tertiary/aromatic N) is 3. The zero-order chi connectivity index (χ0) is 20.2. The van der Waals surface area contributed by atoms with E-state index in [9.17, 15) is 9.59 Å². The van der Waals surface area contributed by atoms with Gasteiger partial charge in [0.15, 0.2) is 0 Å². The summed E-state index contributed by atoms with van der Waals surface area (Å²) < 4.78 is 0. The third-order valence-corrected chi connectivity index (χ3v) is 6.17. The van der Waals surface area contributed by atoms with E-state index in [1.165, 1.54) is 0 Å². The van der Waals surface area contributed by atoms with Crippen LogP contribution in [0.5, 0.6) is 0 Å². The van der Waals surface area contributed by atoms with Gasteiger partial charge in [0.05, 0.1) is 0 Å². The molecule has 0 unspecified atom stereocenters. The second kappa shape index (κ2) is 8.76. The molecule has 5 heteroatoms. The van der Waals surface area contributed by atoms with Crippen LogP contribution < -0.4 is 0 Å². The summed E-state index contributed by atoms with van der Waals surface area (Å²) >= 11 is 0. The Hall–Kier alpha value is -2.69. The average molecular weight is 392 g/mol. The largest absolute Gasteiger partial charge is 0.339 e. The maximum atomic E-state index is 13.2. The Morgan fingerprint density at radius 2 is 1.97 bits per heavy atom. The normalized spacial score (nSPS) is 19.9. The van der Waals surface area contributed by atoms with E-state index in [4.69, 9.17) is 0 Å². The maximum Gasteiger partial charge on any atom is 0.245 e. The van der Waals surface area contributed by atoms with Gasteiger partial charge in [0.2, 0.25) is 11.8 Å². The molecule has 1 aromatic carbocycles. The highest BCUT2D eigenvalue weighted by atomic mass is 16.2. The molecule has 2 fully saturated rings. The molecule has 1 aliphatic carbocycles. The number of carbonyl (C=O) groups excluding carboxylic acids is 2. The molecule has 0 radical (unpaired) electrons. The van der Waals surface area contributed by atoms with Crippen molar-refractivity contribution in [3.8, 4) is 11.1 Å². The van der Waals surface area contributed by atoms with Crippen molar-refractivity contribution in [3.05, 3.63) is 54.4 Å². The second-order valence-corrected chi connectivity index (χ2v) is 8.15. The van der Waals surface area contributed by atoms with Crippen molar-refractivity contribution < 1.29 is 9.59 Å². The Balaban J connectivity index is 1.58. The minimum absolute atomic E-state index is 0.0950. The van der Waals surface area contributed by atoms with E-state index in [1.54, 1.807) is 6.20 Å². The molecule has 1 aliphatic heterocycles. The Labute approximate surface area is 172 Å². The summed E-state index contributed by atoms with van der Waals surface area (Å²) in [5.41, 5.74) is 3.22. The molecule has 1 atom stereocenters. The van der Waals surface area contributed by atoms with Crippen LogP contribution in [0.15, 0.2) is 48.8 Å². The molecule has 1 saturated heterocycles. The van der Waals surface area contributed by atoms with Crippen molar-refractivity contribution in [1.29, 1.82) is 0 Å². The van der Waals surface area contributed by atoms with Crippen LogP contribution in [0.2, 0.25) is 0 Å². The zero-order valence-electron chi connectivity index (χ0n) is 17.1. The summed E-state index contributed by atoms with van der Waals surface area (Å²) in [5.74, 6) is 0.386. The molecule has 2 amide bonds. The maximum absolute atomic E-state index is 13.2. The lowest BCUT2D eigenvalue weighted by atomic mass is 9.83. The summed E-state index contributed by atoms with van der Waals surface area (Å²) in [7, 11) is 0. The molecule has 1 saturated carbocycles. The van der Waals surface area contributed by atoms with Gasteiger partial charge in [0, 0.05) is 44.4 Å². The number of amides is 2. The van der Waals surface area contributed by atoms with E-state index >= 15 is 0 Å².